The first-order valence-corrected chi connectivity index (χ1v) is 6.80. The number of carbonyl (C=O) groups is 1. The molecule has 0 aliphatic heterocycles. The molecule has 0 N–H and O–H groups in total. The predicted molar refractivity (Wildman–Crippen MR) is 85.0 cm³/mol. The highest BCUT2D eigenvalue weighted by Gasteiger charge is 2.20. The van der Waals surface area contributed by atoms with Gasteiger partial charge in [0, 0.05) is 5.56 Å². The molecule has 0 saturated carbocycles. The summed E-state index contributed by atoms with van der Waals surface area (Å²) >= 11 is 0. The molecular formula is C19H18O2. The van der Waals surface area contributed by atoms with Crippen molar-refractivity contribution in [3.8, 4) is 23.5 Å². The van der Waals surface area contributed by atoms with Crippen molar-refractivity contribution < 1.29 is 9.53 Å². The van der Waals surface area contributed by atoms with Crippen molar-refractivity contribution in [2.75, 3.05) is 0 Å². The topological polar surface area (TPSA) is 26.3 Å². The average molecular weight is 278 g/mol. The van der Waals surface area contributed by atoms with Crippen molar-refractivity contribution in [1.82, 2.24) is 0 Å². The summed E-state index contributed by atoms with van der Waals surface area (Å²) in [7, 11) is 0. The molecule has 0 unspecified atom stereocenters. The van der Waals surface area contributed by atoms with Gasteiger partial charge in [-0.15, -0.1) is 6.42 Å². The summed E-state index contributed by atoms with van der Waals surface area (Å²) in [5, 5.41) is 0. The highest BCUT2D eigenvalue weighted by Crippen LogP contribution is 2.25. The first-order valence-electron chi connectivity index (χ1n) is 6.80. The average Bonchev–Trinajstić information content (AvgIpc) is 2.45. The van der Waals surface area contributed by atoms with Gasteiger partial charge >= 0.3 is 5.97 Å². The monoisotopic (exact) mass is 278 g/mol. The van der Waals surface area contributed by atoms with Gasteiger partial charge in [0.25, 0.3) is 0 Å². The highest BCUT2D eigenvalue weighted by atomic mass is 16.6. The number of esters is 1. The second-order valence-electron chi connectivity index (χ2n) is 5.77. The van der Waals surface area contributed by atoms with Crippen LogP contribution in [-0.2, 0) is 4.74 Å². The van der Waals surface area contributed by atoms with E-state index in [-0.39, 0.29) is 5.97 Å². The summed E-state index contributed by atoms with van der Waals surface area (Å²) in [5.74, 6) is 2.26. The van der Waals surface area contributed by atoms with E-state index in [0.717, 1.165) is 16.7 Å². The molecule has 2 aromatic carbocycles. The smallest absolute Gasteiger partial charge is 0.339 e. The molecule has 0 heterocycles. The minimum Gasteiger partial charge on any atom is -0.456 e. The summed E-state index contributed by atoms with van der Waals surface area (Å²) in [6, 6.07) is 15.0. The Morgan fingerprint density at radius 2 is 1.67 bits per heavy atom. The summed E-state index contributed by atoms with van der Waals surface area (Å²) in [6.07, 6.45) is 5.36. The number of hydrogen-bond acceptors (Lipinski definition) is 2. The second-order valence-corrected chi connectivity index (χ2v) is 5.77. The van der Waals surface area contributed by atoms with Gasteiger partial charge in [-0.2, -0.15) is 0 Å². The number of rotatable bonds is 2. The normalized spacial score (nSPS) is 10.8. The van der Waals surface area contributed by atoms with Gasteiger partial charge in [-0.05, 0) is 50.1 Å². The summed E-state index contributed by atoms with van der Waals surface area (Å²) < 4.78 is 5.46. The quantitative estimate of drug-likeness (QED) is 0.605. The molecule has 0 spiro atoms. The summed E-state index contributed by atoms with van der Waals surface area (Å²) in [6.45, 7) is 5.57. The molecule has 0 atom stereocenters. The molecule has 0 bridgehead atoms. The van der Waals surface area contributed by atoms with Crippen LogP contribution in [0, 0.1) is 12.3 Å². The molecule has 21 heavy (non-hydrogen) atoms. The largest absolute Gasteiger partial charge is 0.456 e. The lowest BCUT2D eigenvalue weighted by Crippen LogP contribution is -2.24. The van der Waals surface area contributed by atoms with Gasteiger partial charge < -0.3 is 4.74 Å². The second kappa shape index (κ2) is 5.85. The minimum absolute atomic E-state index is 0.320. The fourth-order valence-corrected chi connectivity index (χ4v) is 1.99. The van der Waals surface area contributed by atoms with Crippen LogP contribution in [-0.4, -0.2) is 11.6 Å². The van der Waals surface area contributed by atoms with Crippen LogP contribution in [0.15, 0.2) is 48.5 Å². The van der Waals surface area contributed by atoms with Crippen LogP contribution in [0.5, 0.6) is 0 Å². The van der Waals surface area contributed by atoms with E-state index in [2.05, 4.69) is 5.92 Å². The van der Waals surface area contributed by atoms with Crippen LogP contribution < -0.4 is 0 Å². The predicted octanol–water partition coefficient (Wildman–Crippen LogP) is 4.29. The van der Waals surface area contributed by atoms with Crippen LogP contribution in [0.3, 0.4) is 0 Å². The molecule has 0 radical (unpaired) electrons. The molecular weight excluding hydrogens is 260 g/mol. The first-order chi connectivity index (χ1) is 9.90. The Balaban J connectivity index is 2.41. The molecule has 0 saturated heterocycles. The van der Waals surface area contributed by atoms with Crippen LogP contribution in [0.25, 0.3) is 11.1 Å². The third kappa shape index (κ3) is 3.73. The lowest BCUT2D eigenvalue weighted by atomic mass is 9.98. The van der Waals surface area contributed by atoms with E-state index in [1.165, 1.54) is 0 Å². The molecule has 0 aliphatic rings. The summed E-state index contributed by atoms with van der Waals surface area (Å²) in [5.41, 5.74) is 2.64. The number of terminal acetylenes is 1. The lowest BCUT2D eigenvalue weighted by Gasteiger charge is -2.20. The van der Waals surface area contributed by atoms with Crippen molar-refractivity contribution in [3.05, 3.63) is 59.7 Å². The van der Waals surface area contributed by atoms with Crippen LogP contribution in [0.4, 0.5) is 0 Å². The lowest BCUT2D eigenvalue weighted by molar-refractivity contribution is 0.00705. The Bertz CT molecular complexity index is 683. The van der Waals surface area contributed by atoms with Crippen molar-refractivity contribution in [2.45, 2.75) is 26.4 Å². The van der Waals surface area contributed by atoms with E-state index in [0.29, 0.717) is 5.56 Å². The Morgan fingerprint density at radius 3 is 2.24 bits per heavy atom. The first kappa shape index (κ1) is 14.9. The fourth-order valence-electron chi connectivity index (χ4n) is 1.99. The standard InChI is InChI=1S/C19H18O2/c1-5-14-10-12-15(13-11-14)16-8-6-7-9-17(16)18(20)21-19(2,3)4/h1,6-13H,2-4H3. The number of carbonyl (C=O) groups excluding carboxylic acids is 1. The van der Waals surface area contributed by atoms with Crippen LogP contribution >= 0.6 is 0 Å². The highest BCUT2D eigenvalue weighted by molar-refractivity contribution is 5.97. The third-order valence-corrected chi connectivity index (χ3v) is 2.91. The van der Waals surface area contributed by atoms with Crippen molar-refractivity contribution in [1.29, 1.82) is 0 Å². The maximum absolute atomic E-state index is 12.3. The van der Waals surface area contributed by atoms with Gasteiger partial charge in [-0.3, -0.25) is 0 Å². The number of hydrogen-bond donors (Lipinski definition) is 0. The van der Waals surface area contributed by atoms with E-state index in [1.54, 1.807) is 6.07 Å². The van der Waals surface area contributed by atoms with E-state index >= 15 is 0 Å². The Labute approximate surface area is 125 Å². The zero-order valence-corrected chi connectivity index (χ0v) is 12.5. The van der Waals surface area contributed by atoms with E-state index in [1.807, 2.05) is 63.2 Å². The Kier molecular flexibility index (Phi) is 4.14. The fraction of sp³-hybridized carbons (Fsp3) is 0.211. The zero-order chi connectivity index (χ0) is 15.5. The maximum atomic E-state index is 12.3. The van der Waals surface area contributed by atoms with Gasteiger partial charge in [0.1, 0.15) is 5.60 Å². The van der Waals surface area contributed by atoms with Crippen molar-refractivity contribution in [3.63, 3.8) is 0 Å². The van der Waals surface area contributed by atoms with Gasteiger partial charge in [0.2, 0.25) is 0 Å². The molecule has 2 aromatic rings. The molecule has 106 valence electrons. The molecule has 2 nitrogen and oxygen atoms in total. The van der Waals surface area contributed by atoms with Crippen LogP contribution in [0.1, 0.15) is 36.7 Å². The third-order valence-electron chi connectivity index (χ3n) is 2.91. The zero-order valence-electron chi connectivity index (χ0n) is 12.5. The Hall–Kier alpha value is -2.53. The van der Waals surface area contributed by atoms with E-state index in [9.17, 15) is 4.79 Å². The van der Waals surface area contributed by atoms with Crippen molar-refractivity contribution >= 4 is 5.97 Å². The number of ether oxygens (including phenoxy) is 1. The van der Waals surface area contributed by atoms with E-state index in [4.69, 9.17) is 11.2 Å². The van der Waals surface area contributed by atoms with Gasteiger partial charge in [-0.1, -0.05) is 36.3 Å². The summed E-state index contributed by atoms with van der Waals surface area (Å²) in [4.78, 5) is 12.3. The maximum Gasteiger partial charge on any atom is 0.339 e. The molecule has 2 heteroatoms. The molecule has 0 amide bonds. The van der Waals surface area contributed by atoms with Gasteiger partial charge in [0.05, 0.1) is 5.56 Å². The SMILES string of the molecule is C#Cc1ccc(-c2ccccc2C(=O)OC(C)(C)C)cc1. The van der Waals surface area contributed by atoms with Gasteiger partial charge in [0.15, 0.2) is 0 Å². The molecule has 0 fully saturated rings. The minimum atomic E-state index is -0.516. The molecule has 0 aliphatic carbocycles. The van der Waals surface area contributed by atoms with Crippen molar-refractivity contribution in [2.24, 2.45) is 0 Å². The van der Waals surface area contributed by atoms with Gasteiger partial charge in [-0.25, -0.2) is 4.79 Å². The molecule has 2 rings (SSSR count). The number of benzene rings is 2. The van der Waals surface area contributed by atoms with Crippen LogP contribution in [0.2, 0.25) is 0 Å². The molecule has 0 aromatic heterocycles. The van der Waals surface area contributed by atoms with E-state index < -0.39 is 5.60 Å². The Morgan fingerprint density at radius 1 is 1.05 bits per heavy atom.